The smallest absolute Gasteiger partial charge is 0.296 e. The fourth-order valence-corrected chi connectivity index (χ4v) is 4.99. The number of H-pyrrole nitrogens is 1. The summed E-state index contributed by atoms with van der Waals surface area (Å²) in [6, 6.07) is 20.2. The van der Waals surface area contributed by atoms with E-state index < -0.39 is 23.9 Å². The van der Waals surface area contributed by atoms with Gasteiger partial charge >= 0.3 is 0 Å². The maximum atomic E-state index is 10.9. The van der Waals surface area contributed by atoms with Gasteiger partial charge in [0, 0.05) is 12.0 Å². The molecule has 0 unspecified atom stereocenters. The Morgan fingerprint density at radius 3 is 2.60 bits per heavy atom. The second-order valence-electron chi connectivity index (χ2n) is 8.84. The molecule has 6 rings (SSSR count). The van der Waals surface area contributed by atoms with Gasteiger partial charge in [-0.2, -0.15) is 4.98 Å². The Morgan fingerprint density at radius 1 is 1.09 bits per heavy atom. The normalized spacial score (nSPS) is 25.6. The summed E-state index contributed by atoms with van der Waals surface area (Å²) in [5.41, 5.74) is 3.51. The largest absolute Gasteiger partial charge is 0.456 e. The van der Waals surface area contributed by atoms with Crippen LogP contribution in [0.5, 0.6) is 6.01 Å². The highest BCUT2D eigenvalue weighted by molar-refractivity contribution is 6.33. The average molecular weight is 492 g/mol. The maximum absolute atomic E-state index is 10.9. The van der Waals surface area contributed by atoms with E-state index in [0.717, 1.165) is 16.7 Å². The van der Waals surface area contributed by atoms with Crippen molar-refractivity contribution in [3.05, 3.63) is 65.7 Å². The second kappa shape index (κ2) is 8.73. The van der Waals surface area contributed by atoms with Crippen molar-refractivity contribution >= 4 is 29.1 Å². The molecule has 0 saturated carbocycles. The van der Waals surface area contributed by atoms with Crippen LogP contribution in [0.25, 0.3) is 33.5 Å². The van der Waals surface area contributed by atoms with E-state index in [9.17, 15) is 9.90 Å². The minimum absolute atomic E-state index is 0.0185. The van der Waals surface area contributed by atoms with Gasteiger partial charge < -0.3 is 29.1 Å². The minimum atomic E-state index is -1.33. The van der Waals surface area contributed by atoms with Crippen LogP contribution in [-0.4, -0.2) is 63.5 Å². The predicted molar refractivity (Wildman–Crippen MR) is 129 cm³/mol. The number of aromatic nitrogens is 3. The minimum Gasteiger partial charge on any atom is -0.456 e. The van der Waals surface area contributed by atoms with Crippen LogP contribution in [-0.2, 0) is 14.3 Å². The number of aldehydes is 1. The molecular weight excluding hydrogens is 470 g/mol. The number of imidazole rings is 1. The third-order valence-electron chi connectivity index (χ3n) is 6.53. The summed E-state index contributed by atoms with van der Waals surface area (Å²) >= 11 is 6.56. The van der Waals surface area contributed by atoms with Crippen molar-refractivity contribution in [3.8, 4) is 28.4 Å². The number of pyridine rings is 1. The van der Waals surface area contributed by atoms with Gasteiger partial charge in [-0.05, 0) is 17.2 Å². The first kappa shape index (κ1) is 22.2. The summed E-state index contributed by atoms with van der Waals surface area (Å²) in [5, 5.41) is 11.1. The van der Waals surface area contributed by atoms with Gasteiger partial charge in [0.25, 0.3) is 6.01 Å². The fourth-order valence-electron chi connectivity index (χ4n) is 4.73. The molecule has 4 aromatic rings. The number of carbonyl (C=O) groups excluding carboxylic acids is 1. The molecule has 35 heavy (non-hydrogen) atoms. The lowest BCUT2D eigenvalue weighted by Gasteiger charge is -2.23. The lowest BCUT2D eigenvalue weighted by atomic mass is 9.93. The highest BCUT2D eigenvalue weighted by atomic mass is 35.5. The zero-order chi connectivity index (χ0) is 24.0. The molecule has 2 aliphatic heterocycles. The number of ether oxygens (including phenoxy) is 3. The van der Waals surface area contributed by atoms with Crippen LogP contribution in [0.3, 0.4) is 0 Å². The molecule has 2 aromatic heterocycles. The molecule has 2 N–H and O–H groups in total. The number of carbonyl (C=O) groups is 1. The fraction of sp³-hybridized carbons (Fsp3) is 0.269. The first-order valence-corrected chi connectivity index (χ1v) is 11.7. The lowest BCUT2D eigenvalue weighted by Crippen LogP contribution is -2.44. The Labute approximate surface area is 205 Å². The summed E-state index contributed by atoms with van der Waals surface area (Å²) in [7, 11) is 0. The maximum Gasteiger partial charge on any atom is 0.296 e. The molecule has 4 heterocycles. The lowest BCUT2D eigenvalue weighted by molar-refractivity contribution is -0.118. The topological polar surface area (TPSA) is 107 Å². The van der Waals surface area contributed by atoms with Crippen molar-refractivity contribution in [2.45, 2.75) is 30.3 Å². The summed E-state index contributed by atoms with van der Waals surface area (Å²) in [5.74, 6) is 0. The predicted octanol–water partition coefficient (Wildman–Crippen LogP) is 3.81. The molecule has 4 atom stereocenters. The van der Waals surface area contributed by atoms with E-state index in [-0.39, 0.29) is 25.6 Å². The number of hydrogen-bond donors (Lipinski definition) is 2. The average Bonchev–Trinajstić information content (AvgIpc) is 3.55. The van der Waals surface area contributed by atoms with Crippen LogP contribution in [0.1, 0.15) is 6.42 Å². The molecule has 0 bridgehead atoms. The highest BCUT2D eigenvalue weighted by Gasteiger charge is 2.56. The van der Waals surface area contributed by atoms with E-state index in [0.29, 0.717) is 28.2 Å². The van der Waals surface area contributed by atoms with Crippen LogP contribution in [0.2, 0.25) is 5.02 Å². The first-order valence-electron chi connectivity index (χ1n) is 11.3. The molecule has 2 aliphatic rings. The molecule has 0 aliphatic carbocycles. The van der Waals surface area contributed by atoms with Gasteiger partial charge in [-0.15, -0.1) is 0 Å². The van der Waals surface area contributed by atoms with Gasteiger partial charge in [-0.3, -0.25) is 0 Å². The third kappa shape index (κ3) is 3.98. The number of aromatic amines is 1. The number of aliphatic hydroxyl groups is 1. The number of nitrogens with one attached hydrogen (secondary N) is 1. The Balaban J connectivity index is 1.23. The summed E-state index contributed by atoms with van der Waals surface area (Å²) in [6.45, 7) is 0.228. The Morgan fingerprint density at radius 2 is 1.83 bits per heavy atom. The van der Waals surface area contributed by atoms with Gasteiger partial charge in [-0.25, -0.2) is 4.98 Å². The zero-order valence-electron chi connectivity index (χ0n) is 18.6. The number of hydrogen-bond acceptors (Lipinski definition) is 7. The van der Waals surface area contributed by atoms with E-state index in [1.54, 1.807) is 6.07 Å². The van der Waals surface area contributed by atoms with E-state index in [1.807, 2.05) is 42.5 Å². The van der Waals surface area contributed by atoms with E-state index >= 15 is 0 Å². The molecule has 2 aromatic carbocycles. The number of halogens is 1. The Hall–Kier alpha value is -3.30. The molecule has 8 nitrogen and oxygen atoms in total. The molecule has 2 fully saturated rings. The second-order valence-corrected chi connectivity index (χ2v) is 9.24. The van der Waals surface area contributed by atoms with Crippen LogP contribution in [0, 0.1) is 0 Å². The first-order chi connectivity index (χ1) is 17.0. The number of nitrogens with zero attached hydrogens (tertiary/aromatic N) is 2. The summed E-state index contributed by atoms with van der Waals surface area (Å²) in [6.07, 6.45) is -0.987. The molecular formula is C26H22ClN3O5. The highest BCUT2D eigenvalue weighted by Crippen LogP contribution is 2.37. The van der Waals surface area contributed by atoms with Crippen LogP contribution < -0.4 is 4.74 Å². The van der Waals surface area contributed by atoms with Gasteiger partial charge in [0.2, 0.25) is 0 Å². The van der Waals surface area contributed by atoms with Crippen molar-refractivity contribution in [3.63, 3.8) is 0 Å². The molecule has 0 amide bonds. The molecule has 178 valence electrons. The molecule has 9 heteroatoms. The number of benzene rings is 2. The monoisotopic (exact) mass is 491 g/mol. The van der Waals surface area contributed by atoms with Crippen molar-refractivity contribution in [1.82, 2.24) is 15.0 Å². The Kier molecular flexibility index (Phi) is 5.53. The van der Waals surface area contributed by atoms with E-state index in [2.05, 4.69) is 27.1 Å². The van der Waals surface area contributed by atoms with E-state index in [1.165, 1.54) is 0 Å². The summed E-state index contributed by atoms with van der Waals surface area (Å²) in [4.78, 5) is 23.2. The van der Waals surface area contributed by atoms with Crippen LogP contribution in [0.15, 0.2) is 60.7 Å². The van der Waals surface area contributed by atoms with Gasteiger partial charge in [-0.1, -0.05) is 66.2 Å². The van der Waals surface area contributed by atoms with Gasteiger partial charge in [0.05, 0.1) is 29.4 Å². The van der Waals surface area contributed by atoms with Crippen molar-refractivity contribution < 1.29 is 24.1 Å². The molecule has 2 saturated heterocycles. The number of rotatable bonds is 6. The third-order valence-corrected chi connectivity index (χ3v) is 6.82. The van der Waals surface area contributed by atoms with Crippen molar-refractivity contribution in [1.29, 1.82) is 0 Å². The number of fused-ring (bicyclic) bond motifs is 2. The van der Waals surface area contributed by atoms with Crippen molar-refractivity contribution in [2.75, 3.05) is 13.2 Å². The quantitative estimate of drug-likeness (QED) is 0.395. The van der Waals surface area contributed by atoms with Crippen molar-refractivity contribution in [2.24, 2.45) is 0 Å². The summed E-state index contributed by atoms with van der Waals surface area (Å²) < 4.78 is 17.4. The Bertz CT molecular complexity index is 1380. The van der Waals surface area contributed by atoms with Gasteiger partial charge in [0.15, 0.2) is 11.8 Å². The molecule has 0 spiro atoms. The SMILES string of the molecule is O=CC[C@]1(O)CO[C@H]2[C@H]1OC[C@H]2Oc1nc2nc(-c3ccc(-c4ccccc4)cc3)c(Cl)cc2[nH]1. The van der Waals surface area contributed by atoms with Crippen LogP contribution >= 0.6 is 11.6 Å². The van der Waals surface area contributed by atoms with Gasteiger partial charge in [0.1, 0.15) is 24.1 Å². The van der Waals surface area contributed by atoms with E-state index in [4.69, 9.17) is 25.8 Å². The zero-order valence-corrected chi connectivity index (χ0v) is 19.3. The molecule has 0 radical (unpaired) electrons. The van der Waals surface area contributed by atoms with Crippen LogP contribution in [0.4, 0.5) is 0 Å². The standard InChI is InChI=1S/C26H22ClN3O5/c27-18-12-19-24(29-21(18)17-8-6-16(7-9-17)15-4-2-1-3-5-15)30-25(28-19)35-20-13-33-23-22(20)34-14-26(23,32)10-11-31/h1-9,11-12,20,22-23,32H,10,13-14H2,(H,28,29,30)/t20-,22-,23-,26+/m1/s1.